The van der Waals surface area contributed by atoms with E-state index in [0.29, 0.717) is 5.71 Å². The van der Waals surface area contributed by atoms with Crippen molar-refractivity contribution in [3.05, 3.63) is 54.1 Å². The second-order valence-electron chi connectivity index (χ2n) is 3.56. The lowest BCUT2D eigenvalue weighted by Crippen LogP contribution is -2.18. The SMILES string of the molecule is CC1=CC(=Nc2ccccc2)C(O)C=C1. The summed E-state index contributed by atoms with van der Waals surface area (Å²) in [6, 6.07) is 9.65. The van der Waals surface area contributed by atoms with Gasteiger partial charge < -0.3 is 5.11 Å². The predicted molar refractivity (Wildman–Crippen MR) is 62.4 cm³/mol. The highest BCUT2D eigenvalue weighted by Crippen LogP contribution is 2.15. The number of benzene rings is 1. The molecule has 2 rings (SSSR count). The second-order valence-corrected chi connectivity index (χ2v) is 3.56. The minimum Gasteiger partial charge on any atom is -0.383 e. The molecule has 2 heteroatoms. The summed E-state index contributed by atoms with van der Waals surface area (Å²) in [6.07, 6.45) is 4.96. The van der Waals surface area contributed by atoms with Crippen LogP contribution in [0.2, 0.25) is 0 Å². The van der Waals surface area contributed by atoms with Gasteiger partial charge in [0.15, 0.2) is 0 Å². The zero-order valence-corrected chi connectivity index (χ0v) is 8.59. The molecule has 0 fully saturated rings. The molecule has 1 unspecified atom stereocenters. The van der Waals surface area contributed by atoms with E-state index in [1.807, 2.05) is 49.4 Å². The first-order valence-electron chi connectivity index (χ1n) is 4.94. The Bertz CT molecular complexity index is 429. The minimum absolute atomic E-state index is 0.589. The van der Waals surface area contributed by atoms with Crippen LogP contribution >= 0.6 is 0 Å². The van der Waals surface area contributed by atoms with Crippen LogP contribution in [-0.2, 0) is 0 Å². The summed E-state index contributed by atoms with van der Waals surface area (Å²) in [4.78, 5) is 4.39. The molecule has 0 radical (unpaired) electrons. The van der Waals surface area contributed by atoms with Crippen molar-refractivity contribution in [3.63, 3.8) is 0 Å². The summed E-state index contributed by atoms with van der Waals surface area (Å²) in [5, 5.41) is 9.69. The third-order valence-electron chi connectivity index (χ3n) is 2.23. The van der Waals surface area contributed by atoms with Crippen molar-refractivity contribution in [1.82, 2.24) is 0 Å². The third kappa shape index (κ3) is 2.42. The van der Waals surface area contributed by atoms with Gasteiger partial charge in [0.25, 0.3) is 0 Å². The van der Waals surface area contributed by atoms with E-state index < -0.39 is 6.10 Å². The molecule has 1 aromatic rings. The molecule has 0 heterocycles. The number of hydrogen-bond acceptors (Lipinski definition) is 2. The monoisotopic (exact) mass is 199 g/mol. The van der Waals surface area contributed by atoms with Gasteiger partial charge in [-0.15, -0.1) is 0 Å². The fourth-order valence-electron chi connectivity index (χ4n) is 1.46. The van der Waals surface area contributed by atoms with Gasteiger partial charge in [0.1, 0.15) is 6.10 Å². The van der Waals surface area contributed by atoms with Crippen LogP contribution in [0.1, 0.15) is 6.92 Å². The van der Waals surface area contributed by atoms with Gasteiger partial charge in [0.2, 0.25) is 0 Å². The smallest absolute Gasteiger partial charge is 0.114 e. The Balaban J connectivity index is 2.31. The summed E-state index contributed by atoms with van der Waals surface area (Å²) in [5.74, 6) is 0. The van der Waals surface area contributed by atoms with Gasteiger partial charge in [-0.05, 0) is 36.8 Å². The zero-order chi connectivity index (χ0) is 10.7. The molecule has 15 heavy (non-hydrogen) atoms. The Morgan fingerprint density at radius 2 is 1.93 bits per heavy atom. The molecule has 0 amide bonds. The van der Waals surface area contributed by atoms with Crippen LogP contribution in [-0.4, -0.2) is 16.9 Å². The fourth-order valence-corrected chi connectivity index (χ4v) is 1.46. The molecule has 1 atom stereocenters. The number of nitrogens with zero attached hydrogens (tertiary/aromatic N) is 1. The van der Waals surface area contributed by atoms with Gasteiger partial charge >= 0.3 is 0 Å². The molecule has 0 bridgehead atoms. The lowest BCUT2D eigenvalue weighted by Gasteiger charge is -2.11. The largest absolute Gasteiger partial charge is 0.383 e. The van der Waals surface area contributed by atoms with Crippen LogP contribution < -0.4 is 0 Å². The number of rotatable bonds is 1. The van der Waals surface area contributed by atoms with Gasteiger partial charge in [-0.2, -0.15) is 0 Å². The van der Waals surface area contributed by atoms with Crippen LogP contribution in [0.15, 0.2) is 59.1 Å². The fraction of sp³-hybridized carbons (Fsp3) is 0.154. The van der Waals surface area contributed by atoms with E-state index in [-0.39, 0.29) is 0 Å². The van der Waals surface area contributed by atoms with E-state index in [9.17, 15) is 5.11 Å². The van der Waals surface area contributed by atoms with E-state index in [2.05, 4.69) is 4.99 Å². The van der Waals surface area contributed by atoms with Crippen molar-refractivity contribution in [3.8, 4) is 0 Å². The summed E-state index contributed by atoms with van der Waals surface area (Å²) in [7, 11) is 0. The highest BCUT2D eigenvalue weighted by atomic mass is 16.3. The highest BCUT2D eigenvalue weighted by Gasteiger charge is 2.10. The van der Waals surface area contributed by atoms with E-state index in [4.69, 9.17) is 0 Å². The molecule has 1 aliphatic carbocycles. The van der Waals surface area contributed by atoms with Crippen LogP contribution in [0, 0.1) is 0 Å². The average Bonchev–Trinajstić information content (AvgIpc) is 2.25. The van der Waals surface area contributed by atoms with Gasteiger partial charge in [-0.1, -0.05) is 24.3 Å². The highest BCUT2D eigenvalue weighted by molar-refractivity contribution is 6.03. The quantitative estimate of drug-likeness (QED) is 0.741. The van der Waals surface area contributed by atoms with Gasteiger partial charge in [-0.25, -0.2) is 0 Å². The molecule has 1 aromatic carbocycles. The minimum atomic E-state index is -0.589. The third-order valence-corrected chi connectivity index (χ3v) is 2.23. The Hall–Kier alpha value is -1.67. The number of hydrogen-bond donors (Lipinski definition) is 1. The maximum Gasteiger partial charge on any atom is 0.114 e. The maximum atomic E-state index is 9.69. The van der Waals surface area contributed by atoms with Gasteiger partial charge in [0, 0.05) is 0 Å². The Labute approximate surface area is 89.3 Å². The van der Waals surface area contributed by atoms with Crippen LogP contribution in [0.3, 0.4) is 0 Å². The topological polar surface area (TPSA) is 32.6 Å². The Morgan fingerprint density at radius 1 is 1.20 bits per heavy atom. The Morgan fingerprint density at radius 3 is 2.67 bits per heavy atom. The van der Waals surface area contributed by atoms with E-state index >= 15 is 0 Å². The van der Waals surface area contributed by atoms with Crippen molar-refractivity contribution in [2.75, 3.05) is 0 Å². The van der Waals surface area contributed by atoms with Crippen molar-refractivity contribution < 1.29 is 5.11 Å². The van der Waals surface area contributed by atoms with E-state index in [1.165, 1.54) is 0 Å². The summed E-state index contributed by atoms with van der Waals surface area (Å²) in [6.45, 7) is 1.99. The van der Waals surface area contributed by atoms with Crippen molar-refractivity contribution in [1.29, 1.82) is 0 Å². The van der Waals surface area contributed by atoms with Crippen LogP contribution in [0.25, 0.3) is 0 Å². The molecule has 2 nitrogen and oxygen atoms in total. The summed E-state index contributed by atoms with van der Waals surface area (Å²) < 4.78 is 0. The molecular weight excluding hydrogens is 186 g/mol. The van der Waals surface area contributed by atoms with Gasteiger partial charge in [0.05, 0.1) is 11.4 Å². The number of aliphatic hydroxyl groups excluding tert-OH is 1. The van der Waals surface area contributed by atoms with Crippen LogP contribution in [0.5, 0.6) is 0 Å². The molecule has 0 aromatic heterocycles. The van der Waals surface area contributed by atoms with Gasteiger partial charge in [-0.3, -0.25) is 4.99 Å². The van der Waals surface area contributed by atoms with E-state index in [0.717, 1.165) is 11.3 Å². The maximum absolute atomic E-state index is 9.69. The number of aliphatic imine (C=N–C) groups is 1. The normalized spacial score (nSPS) is 22.9. The zero-order valence-electron chi connectivity index (χ0n) is 8.59. The Kier molecular flexibility index (Phi) is 2.79. The molecular formula is C13H13NO. The molecule has 1 N–H and O–H groups in total. The number of aliphatic hydroxyl groups is 1. The van der Waals surface area contributed by atoms with Crippen molar-refractivity contribution >= 4 is 11.4 Å². The standard InChI is InChI=1S/C13H13NO/c1-10-7-8-13(15)12(9-10)14-11-5-3-2-4-6-11/h2-9,13,15H,1H3. The average molecular weight is 199 g/mol. The summed E-state index contributed by atoms with van der Waals surface area (Å²) >= 11 is 0. The lowest BCUT2D eigenvalue weighted by atomic mass is 10.0. The molecule has 0 saturated carbocycles. The predicted octanol–water partition coefficient (Wildman–Crippen LogP) is 2.64. The van der Waals surface area contributed by atoms with E-state index in [1.54, 1.807) is 6.08 Å². The molecule has 0 aliphatic heterocycles. The van der Waals surface area contributed by atoms with Crippen LogP contribution in [0.4, 0.5) is 5.69 Å². The first-order chi connectivity index (χ1) is 7.25. The molecule has 0 spiro atoms. The first kappa shape index (κ1) is 9.87. The lowest BCUT2D eigenvalue weighted by molar-refractivity contribution is 0.289. The molecule has 0 saturated heterocycles. The second kappa shape index (κ2) is 4.24. The molecule has 1 aliphatic rings. The van der Waals surface area contributed by atoms with Crippen molar-refractivity contribution in [2.45, 2.75) is 13.0 Å². The number of para-hydroxylation sites is 1. The summed E-state index contributed by atoms with van der Waals surface area (Å²) in [5.41, 5.74) is 2.67. The number of allylic oxidation sites excluding steroid dienone is 2. The van der Waals surface area contributed by atoms with Crippen molar-refractivity contribution in [2.24, 2.45) is 4.99 Å². The first-order valence-corrected chi connectivity index (χ1v) is 4.94. The molecule has 76 valence electrons.